The summed E-state index contributed by atoms with van der Waals surface area (Å²) in [5.74, 6) is -1.83. The molecule has 0 aromatic carbocycles. The van der Waals surface area contributed by atoms with Crippen LogP contribution in [0.4, 0.5) is 4.79 Å². The second-order valence-corrected chi connectivity index (χ2v) is 8.94. The van der Waals surface area contributed by atoms with E-state index in [0.29, 0.717) is 19.3 Å². The molecule has 29 heavy (non-hydrogen) atoms. The second kappa shape index (κ2) is 9.00. The van der Waals surface area contributed by atoms with E-state index < -0.39 is 41.7 Å². The van der Waals surface area contributed by atoms with Gasteiger partial charge in [0.25, 0.3) is 0 Å². The van der Waals surface area contributed by atoms with Crippen molar-refractivity contribution < 1.29 is 29.0 Å². The lowest BCUT2D eigenvalue weighted by atomic mass is 9.98. The Hall–Kier alpha value is -2.32. The quantitative estimate of drug-likeness (QED) is 0.728. The highest BCUT2D eigenvalue weighted by Crippen LogP contribution is 2.31. The van der Waals surface area contributed by atoms with Crippen molar-refractivity contribution in [1.29, 1.82) is 0 Å². The first-order chi connectivity index (χ1) is 13.4. The molecule has 2 aliphatic rings. The van der Waals surface area contributed by atoms with Crippen LogP contribution in [0.2, 0.25) is 0 Å². The summed E-state index contributed by atoms with van der Waals surface area (Å²) in [5.41, 5.74) is -0.687. The van der Waals surface area contributed by atoms with Crippen molar-refractivity contribution in [2.24, 2.45) is 0 Å². The van der Waals surface area contributed by atoms with Gasteiger partial charge in [-0.2, -0.15) is 0 Å². The number of carbonyl (C=O) groups is 4. The molecule has 2 aliphatic heterocycles. The lowest BCUT2D eigenvalue weighted by molar-refractivity contribution is -0.151. The molecule has 2 rings (SSSR count). The van der Waals surface area contributed by atoms with Gasteiger partial charge in [-0.25, -0.2) is 9.59 Å². The number of rotatable bonds is 4. The van der Waals surface area contributed by atoms with Crippen molar-refractivity contribution in [3.63, 3.8) is 0 Å². The molecule has 2 N–H and O–H groups in total. The largest absolute Gasteiger partial charge is 0.480 e. The molecule has 9 heteroatoms. The summed E-state index contributed by atoms with van der Waals surface area (Å²) in [7, 11) is 1.47. The SMILES string of the molecule is CC(C(=O)N[C@H]1CCCC[C@H]2CC[C@@H](C(=O)O)N2C1=O)N(C)C(=O)OC(C)(C)C. The highest BCUT2D eigenvalue weighted by Gasteiger charge is 2.44. The maximum absolute atomic E-state index is 13.1. The van der Waals surface area contributed by atoms with Crippen LogP contribution in [0.25, 0.3) is 0 Å². The number of ether oxygens (including phenoxy) is 1. The first-order valence-electron chi connectivity index (χ1n) is 10.2. The van der Waals surface area contributed by atoms with Gasteiger partial charge in [-0.1, -0.05) is 12.8 Å². The lowest BCUT2D eigenvalue weighted by Crippen LogP contribution is -2.57. The van der Waals surface area contributed by atoms with Crippen LogP contribution < -0.4 is 5.32 Å². The summed E-state index contributed by atoms with van der Waals surface area (Å²) in [6, 6.07) is -2.57. The Morgan fingerprint density at radius 3 is 2.38 bits per heavy atom. The number of aliphatic carboxylic acids is 1. The van der Waals surface area contributed by atoms with Crippen molar-refractivity contribution in [2.45, 2.75) is 96.0 Å². The molecule has 2 saturated heterocycles. The van der Waals surface area contributed by atoms with Gasteiger partial charge in [0.05, 0.1) is 0 Å². The van der Waals surface area contributed by atoms with Crippen molar-refractivity contribution >= 4 is 23.9 Å². The van der Waals surface area contributed by atoms with E-state index in [2.05, 4.69) is 5.32 Å². The Morgan fingerprint density at radius 2 is 1.79 bits per heavy atom. The predicted octanol–water partition coefficient (Wildman–Crippen LogP) is 1.74. The first kappa shape index (κ1) is 23.0. The van der Waals surface area contributed by atoms with Crippen LogP contribution in [0.15, 0.2) is 0 Å². The van der Waals surface area contributed by atoms with Crippen molar-refractivity contribution in [2.75, 3.05) is 7.05 Å². The topological polar surface area (TPSA) is 116 Å². The Morgan fingerprint density at radius 1 is 1.17 bits per heavy atom. The average molecular weight is 411 g/mol. The molecular weight excluding hydrogens is 378 g/mol. The predicted molar refractivity (Wildman–Crippen MR) is 105 cm³/mol. The Kier molecular flexibility index (Phi) is 7.13. The van der Waals surface area contributed by atoms with Crippen LogP contribution in [-0.4, -0.2) is 75.6 Å². The number of hydrogen-bond acceptors (Lipinski definition) is 5. The average Bonchev–Trinajstić information content (AvgIpc) is 3.03. The van der Waals surface area contributed by atoms with Crippen LogP contribution in [0.5, 0.6) is 0 Å². The lowest BCUT2D eigenvalue weighted by Gasteiger charge is -2.35. The minimum atomic E-state index is -1.01. The van der Waals surface area contributed by atoms with Gasteiger partial charge in [-0.05, 0) is 53.4 Å². The van der Waals surface area contributed by atoms with E-state index in [1.807, 2.05) is 0 Å². The normalized spacial score (nSPS) is 26.0. The summed E-state index contributed by atoms with van der Waals surface area (Å²) in [6.07, 6.45) is 3.35. The number of carboxylic acids is 1. The number of nitrogens with one attached hydrogen (secondary N) is 1. The van der Waals surface area contributed by atoms with Gasteiger partial charge in [-0.3, -0.25) is 14.5 Å². The fraction of sp³-hybridized carbons (Fsp3) is 0.800. The summed E-state index contributed by atoms with van der Waals surface area (Å²) < 4.78 is 5.28. The van der Waals surface area contributed by atoms with Crippen LogP contribution in [0.3, 0.4) is 0 Å². The zero-order valence-electron chi connectivity index (χ0n) is 17.9. The third kappa shape index (κ3) is 5.61. The molecule has 164 valence electrons. The summed E-state index contributed by atoms with van der Waals surface area (Å²) >= 11 is 0. The van der Waals surface area contributed by atoms with E-state index in [-0.39, 0.29) is 11.9 Å². The molecule has 0 aromatic rings. The van der Waals surface area contributed by atoms with E-state index in [1.54, 1.807) is 27.7 Å². The molecule has 0 saturated carbocycles. The van der Waals surface area contributed by atoms with Crippen LogP contribution in [0.1, 0.15) is 66.2 Å². The number of nitrogens with zero attached hydrogens (tertiary/aromatic N) is 2. The first-order valence-corrected chi connectivity index (χ1v) is 10.2. The van der Waals surface area contributed by atoms with Crippen LogP contribution in [-0.2, 0) is 19.1 Å². The highest BCUT2D eigenvalue weighted by molar-refractivity contribution is 5.93. The van der Waals surface area contributed by atoms with Gasteiger partial charge in [-0.15, -0.1) is 0 Å². The second-order valence-electron chi connectivity index (χ2n) is 8.94. The molecule has 0 aromatic heterocycles. The Bertz CT molecular complexity index is 659. The number of hydrogen-bond donors (Lipinski definition) is 2. The molecule has 0 spiro atoms. The van der Waals surface area contributed by atoms with Crippen molar-refractivity contribution in [3.05, 3.63) is 0 Å². The van der Waals surface area contributed by atoms with Crippen LogP contribution >= 0.6 is 0 Å². The van der Waals surface area contributed by atoms with Gasteiger partial charge in [0.15, 0.2) is 0 Å². The zero-order valence-corrected chi connectivity index (χ0v) is 17.9. The molecule has 0 bridgehead atoms. The number of amides is 3. The van der Waals surface area contributed by atoms with E-state index in [1.165, 1.54) is 16.8 Å². The fourth-order valence-corrected chi connectivity index (χ4v) is 3.87. The zero-order chi connectivity index (χ0) is 21.9. The minimum Gasteiger partial charge on any atom is -0.480 e. The van der Waals surface area contributed by atoms with Gasteiger partial charge in [0.2, 0.25) is 11.8 Å². The molecule has 0 radical (unpaired) electrons. The maximum Gasteiger partial charge on any atom is 0.410 e. The third-order valence-corrected chi connectivity index (χ3v) is 5.58. The molecule has 3 amide bonds. The maximum atomic E-state index is 13.1. The smallest absolute Gasteiger partial charge is 0.410 e. The minimum absolute atomic E-state index is 0.0924. The van der Waals surface area contributed by atoms with Gasteiger partial charge in [0, 0.05) is 13.1 Å². The third-order valence-electron chi connectivity index (χ3n) is 5.58. The fourth-order valence-electron chi connectivity index (χ4n) is 3.87. The van der Waals surface area contributed by atoms with Gasteiger partial charge >= 0.3 is 12.1 Å². The molecular formula is C20H33N3O6. The number of carboxylic acid groups (broad SMARTS) is 1. The van der Waals surface area contributed by atoms with E-state index >= 15 is 0 Å². The molecule has 4 atom stereocenters. The van der Waals surface area contributed by atoms with E-state index in [4.69, 9.17) is 4.74 Å². The number of carbonyl (C=O) groups excluding carboxylic acids is 3. The Balaban J connectivity index is 2.08. The van der Waals surface area contributed by atoms with Gasteiger partial charge in [0.1, 0.15) is 23.7 Å². The standard InChI is InChI=1S/C20H33N3O6/c1-12(22(5)19(28)29-20(2,3)4)16(24)21-14-9-7-6-8-13-10-11-15(18(26)27)23(13)17(14)25/h12-15H,6-11H2,1-5H3,(H,21,24)(H,26,27)/t12?,13-,14-,15-/m0/s1. The van der Waals surface area contributed by atoms with Crippen molar-refractivity contribution in [3.8, 4) is 0 Å². The molecule has 0 aliphatic carbocycles. The van der Waals surface area contributed by atoms with E-state index in [0.717, 1.165) is 19.3 Å². The Labute approximate surface area is 171 Å². The molecule has 2 heterocycles. The highest BCUT2D eigenvalue weighted by atomic mass is 16.6. The summed E-state index contributed by atoms with van der Waals surface area (Å²) in [5, 5.41) is 12.2. The molecule has 1 unspecified atom stereocenters. The summed E-state index contributed by atoms with van der Waals surface area (Å²) in [4.78, 5) is 52.2. The molecule has 2 fully saturated rings. The monoisotopic (exact) mass is 411 g/mol. The van der Waals surface area contributed by atoms with Gasteiger partial charge < -0.3 is 20.1 Å². The van der Waals surface area contributed by atoms with Crippen LogP contribution in [0, 0.1) is 0 Å². The summed E-state index contributed by atoms with van der Waals surface area (Å²) in [6.45, 7) is 6.78. The van der Waals surface area contributed by atoms with Crippen molar-refractivity contribution in [1.82, 2.24) is 15.1 Å². The van der Waals surface area contributed by atoms with E-state index in [9.17, 15) is 24.3 Å². The number of fused-ring (bicyclic) bond motifs is 1. The number of likely N-dealkylation sites (N-methyl/N-ethyl adjacent to an activating group) is 1. The molecule has 9 nitrogen and oxygen atoms in total.